The van der Waals surface area contributed by atoms with Crippen LogP contribution in [-0.4, -0.2) is 92.1 Å². The number of ketones is 2. The van der Waals surface area contributed by atoms with Crippen molar-refractivity contribution in [2.75, 3.05) is 27.3 Å². The van der Waals surface area contributed by atoms with Crippen LogP contribution in [0, 0.1) is 11.8 Å². The van der Waals surface area contributed by atoms with Crippen LogP contribution in [0.15, 0.2) is 36.4 Å². The molecule has 12 heteroatoms. The summed E-state index contributed by atoms with van der Waals surface area (Å²) in [5.41, 5.74) is 1.98. The molecule has 0 saturated heterocycles. The highest BCUT2D eigenvalue weighted by molar-refractivity contribution is 6.08. The van der Waals surface area contributed by atoms with Gasteiger partial charge in [-0.05, 0) is 58.4 Å². The number of rotatable bonds is 16. The third-order valence-corrected chi connectivity index (χ3v) is 8.69. The first-order valence-corrected chi connectivity index (χ1v) is 16.9. The average molecular weight is 675 g/mol. The van der Waals surface area contributed by atoms with Crippen molar-refractivity contribution >= 4 is 45.2 Å². The van der Waals surface area contributed by atoms with Gasteiger partial charge in [-0.15, -0.1) is 0 Å². The number of benzene rings is 2. The van der Waals surface area contributed by atoms with E-state index in [1.807, 2.05) is 55.4 Å². The molecule has 49 heavy (non-hydrogen) atoms. The number of carbonyl (C=O) groups is 4. The monoisotopic (exact) mass is 674 g/mol. The van der Waals surface area contributed by atoms with Gasteiger partial charge < -0.3 is 19.3 Å². The minimum atomic E-state index is -0.248. The second-order valence-corrected chi connectivity index (χ2v) is 13.5. The Balaban J connectivity index is 1.51. The summed E-state index contributed by atoms with van der Waals surface area (Å²) in [6.07, 6.45) is 0.545. The Morgan fingerprint density at radius 1 is 0.633 bits per heavy atom. The van der Waals surface area contributed by atoms with Crippen LogP contribution in [0.5, 0.6) is 11.5 Å². The number of ether oxygens (including phenoxy) is 2. The number of carbonyl (C=O) groups excluding carboxylic acids is 4. The number of amides is 2. The lowest BCUT2D eigenvalue weighted by Crippen LogP contribution is -2.43. The first-order valence-electron chi connectivity index (χ1n) is 16.9. The summed E-state index contributed by atoms with van der Waals surface area (Å²) in [6.45, 7) is 15.9. The topological polar surface area (TPSA) is 129 Å². The first kappa shape index (κ1) is 37.1. The minimum absolute atomic E-state index is 0.0483. The molecule has 4 aromatic rings. The Kier molecular flexibility index (Phi) is 11.8. The molecule has 2 aromatic heterocycles. The maximum Gasteiger partial charge on any atom is 0.244 e. The van der Waals surface area contributed by atoms with Crippen LogP contribution in [0.2, 0.25) is 0 Å². The largest absolute Gasteiger partial charge is 0.497 e. The molecule has 264 valence electrons. The molecule has 0 unspecified atom stereocenters. The van der Waals surface area contributed by atoms with Crippen molar-refractivity contribution in [3.8, 4) is 11.5 Å². The Morgan fingerprint density at radius 3 is 1.31 bits per heavy atom. The highest BCUT2D eigenvalue weighted by atomic mass is 16.5. The number of Topliss-reactive ketones (excluding diaryl/α,β-unsaturated/α-hetero) is 2. The standard InChI is InChI=1S/C37H50N6O6/c1-22(2)36(46)34-28-14-12-26(48-9)18-30(28)42(38-34)20-32(44)40(24(5)6)16-11-17-41(25(7)8)33(45)21-43-31-19-27(49-10)13-15-29(31)35(39-43)37(47)23(3)4/h12-15,18-19,22-25H,11,16-17,20-21H2,1-10H3. The average Bonchev–Trinajstić information content (AvgIpc) is 3.60. The van der Waals surface area contributed by atoms with Gasteiger partial charge in [-0.3, -0.25) is 28.5 Å². The Labute approximate surface area is 288 Å². The number of aromatic nitrogens is 4. The van der Waals surface area contributed by atoms with Crippen LogP contribution in [0.25, 0.3) is 21.8 Å². The SMILES string of the molecule is COc1ccc2c(C(=O)C(C)C)nn(CC(=O)N(CCCN(C(=O)Cn3nc(C(=O)C(C)C)c4ccc(OC)cc43)C(C)C)C(C)C)c2c1. The van der Waals surface area contributed by atoms with E-state index in [1.165, 1.54) is 0 Å². The number of hydrogen-bond donors (Lipinski definition) is 0. The quantitative estimate of drug-likeness (QED) is 0.140. The summed E-state index contributed by atoms with van der Waals surface area (Å²) >= 11 is 0. The number of fused-ring (bicyclic) bond motifs is 2. The third-order valence-electron chi connectivity index (χ3n) is 8.69. The molecule has 0 N–H and O–H groups in total. The molecule has 0 aliphatic heterocycles. The predicted octanol–water partition coefficient (Wildman–Crippen LogP) is 5.64. The molecule has 12 nitrogen and oxygen atoms in total. The molecule has 0 spiro atoms. The lowest BCUT2D eigenvalue weighted by Gasteiger charge is -2.30. The van der Waals surface area contributed by atoms with Gasteiger partial charge in [0.25, 0.3) is 0 Å². The van der Waals surface area contributed by atoms with Crippen molar-refractivity contribution in [2.24, 2.45) is 11.8 Å². The predicted molar refractivity (Wildman–Crippen MR) is 189 cm³/mol. The van der Waals surface area contributed by atoms with Crippen LogP contribution < -0.4 is 9.47 Å². The summed E-state index contributed by atoms with van der Waals surface area (Å²) < 4.78 is 14.0. The number of hydrogen-bond acceptors (Lipinski definition) is 8. The van der Waals surface area contributed by atoms with Crippen molar-refractivity contribution in [3.05, 3.63) is 47.8 Å². The van der Waals surface area contributed by atoms with Crippen LogP contribution in [0.1, 0.15) is 82.8 Å². The van der Waals surface area contributed by atoms with E-state index in [0.29, 0.717) is 64.2 Å². The molecule has 2 aromatic carbocycles. The smallest absolute Gasteiger partial charge is 0.244 e. The summed E-state index contributed by atoms with van der Waals surface area (Å²) in [6, 6.07) is 10.5. The van der Waals surface area contributed by atoms with Crippen LogP contribution in [0.3, 0.4) is 0 Å². The Hall–Kier alpha value is -4.74. The maximum absolute atomic E-state index is 13.8. The highest BCUT2D eigenvalue weighted by Gasteiger charge is 2.26. The molecule has 0 fully saturated rings. The van der Waals surface area contributed by atoms with E-state index in [2.05, 4.69) is 10.2 Å². The van der Waals surface area contributed by atoms with Crippen molar-refractivity contribution in [3.63, 3.8) is 0 Å². The maximum atomic E-state index is 13.8. The molecule has 0 atom stereocenters. The second kappa shape index (κ2) is 15.7. The van der Waals surface area contributed by atoms with Crippen molar-refractivity contribution < 1.29 is 28.7 Å². The molecule has 0 aliphatic rings. The van der Waals surface area contributed by atoms with Crippen LogP contribution in [-0.2, 0) is 22.7 Å². The summed E-state index contributed by atoms with van der Waals surface area (Å²) in [7, 11) is 3.14. The summed E-state index contributed by atoms with van der Waals surface area (Å²) in [4.78, 5) is 57.0. The fourth-order valence-electron chi connectivity index (χ4n) is 5.90. The van der Waals surface area contributed by atoms with Gasteiger partial charge in [0.15, 0.2) is 11.6 Å². The first-order chi connectivity index (χ1) is 23.2. The molecule has 0 radical (unpaired) electrons. The van der Waals surface area contributed by atoms with E-state index in [9.17, 15) is 19.2 Å². The Morgan fingerprint density at radius 2 is 1.00 bits per heavy atom. The summed E-state index contributed by atoms with van der Waals surface area (Å²) in [5, 5.41) is 10.5. The highest BCUT2D eigenvalue weighted by Crippen LogP contribution is 2.27. The van der Waals surface area contributed by atoms with Gasteiger partial charge in [0.2, 0.25) is 11.8 Å². The second-order valence-electron chi connectivity index (χ2n) is 13.5. The van der Waals surface area contributed by atoms with Crippen molar-refractivity contribution in [1.29, 1.82) is 0 Å². The molecule has 2 amide bonds. The normalized spacial score (nSPS) is 11.7. The van der Waals surface area contributed by atoms with Gasteiger partial charge in [-0.1, -0.05) is 27.7 Å². The fraction of sp³-hybridized carbons (Fsp3) is 0.514. The molecule has 0 bridgehead atoms. The third kappa shape index (κ3) is 8.12. The zero-order valence-corrected chi connectivity index (χ0v) is 30.4. The van der Waals surface area contributed by atoms with Gasteiger partial charge in [0, 0.05) is 59.9 Å². The molecular weight excluding hydrogens is 624 g/mol. The van der Waals surface area contributed by atoms with Gasteiger partial charge in [-0.25, -0.2) is 0 Å². The van der Waals surface area contributed by atoms with E-state index in [4.69, 9.17) is 9.47 Å². The van der Waals surface area contributed by atoms with E-state index >= 15 is 0 Å². The molecule has 2 heterocycles. The molecule has 0 saturated carbocycles. The Bertz CT molecular complexity index is 1700. The van der Waals surface area contributed by atoms with E-state index in [1.54, 1.807) is 69.8 Å². The zero-order valence-electron chi connectivity index (χ0n) is 30.4. The van der Waals surface area contributed by atoms with Gasteiger partial charge in [0.05, 0.1) is 25.3 Å². The number of methoxy groups -OCH3 is 2. The van der Waals surface area contributed by atoms with Crippen LogP contribution >= 0.6 is 0 Å². The van der Waals surface area contributed by atoms with Gasteiger partial charge >= 0.3 is 0 Å². The van der Waals surface area contributed by atoms with E-state index in [0.717, 1.165) is 0 Å². The summed E-state index contributed by atoms with van der Waals surface area (Å²) in [5.74, 6) is 0.240. The fourth-order valence-corrected chi connectivity index (χ4v) is 5.90. The van der Waals surface area contributed by atoms with Crippen LogP contribution in [0.4, 0.5) is 0 Å². The van der Waals surface area contributed by atoms with Gasteiger partial charge in [-0.2, -0.15) is 10.2 Å². The van der Waals surface area contributed by atoms with Crippen molar-refractivity contribution in [2.45, 2.75) is 87.0 Å². The van der Waals surface area contributed by atoms with Gasteiger partial charge in [0.1, 0.15) is 36.0 Å². The minimum Gasteiger partial charge on any atom is -0.497 e. The van der Waals surface area contributed by atoms with E-state index in [-0.39, 0.29) is 60.4 Å². The van der Waals surface area contributed by atoms with Crippen molar-refractivity contribution in [1.82, 2.24) is 29.4 Å². The molecule has 4 rings (SSSR count). The number of nitrogens with zero attached hydrogens (tertiary/aromatic N) is 6. The molecular formula is C37H50N6O6. The lowest BCUT2D eigenvalue weighted by atomic mass is 10.0. The van der Waals surface area contributed by atoms with E-state index < -0.39 is 0 Å². The zero-order chi connectivity index (χ0) is 36.2. The molecule has 0 aliphatic carbocycles. The lowest BCUT2D eigenvalue weighted by molar-refractivity contribution is -0.134.